The van der Waals surface area contributed by atoms with Crippen LogP contribution in [0.4, 0.5) is 0 Å². The van der Waals surface area contributed by atoms with Crippen molar-refractivity contribution in [3.05, 3.63) is 23.7 Å². The van der Waals surface area contributed by atoms with Crippen LogP contribution in [0.2, 0.25) is 0 Å². The van der Waals surface area contributed by atoms with Gasteiger partial charge in [0.25, 0.3) is 0 Å². The van der Waals surface area contributed by atoms with Crippen molar-refractivity contribution in [3.8, 4) is 0 Å². The number of aromatic nitrogens is 3. The summed E-state index contributed by atoms with van der Waals surface area (Å²) in [6, 6.07) is 2.13. The quantitative estimate of drug-likeness (QED) is 0.526. The van der Waals surface area contributed by atoms with Gasteiger partial charge in [-0.2, -0.15) is 0 Å². The molecule has 0 bridgehead atoms. The fourth-order valence-corrected chi connectivity index (χ4v) is 5.42. The average molecular weight is 361 g/mol. The van der Waals surface area contributed by atoms with E-state index >= 15 is 0 Å². The van der Waals surface area contributed by atoms with Gasteiger partial charge in [-0.15, -0.1) is 23.1 Å². The topological polar surface area (TPSA) is 51.1 Å². The number of thiophene rings is 1. The van der Waals surface area contributed by atoms with E-state index in [4.69, 9.17) is 4.74 Å². The molecular formula is C17H20N4OS2. The van der Waals surface area contributed by atoms with Crippen molar-refractivity contribution in [2.24, 2.45) is 0 Å². The fraction of sp³-hybridized carbons (Fsp3) is 0.471. The van der Waals surface area contributed by atoms with Crippen molar-refractivity contribution in [1.82, 2.24) is 19.9 Å². The Bertz CT molecular complexity index is 874. The highest BCUT2D eigenvalue weighted by molar-refractivity contribution is 7.99. The van der Waals surface area contributed by atoms with E-state index in [9.17, 15) is 0 Å². The Labute approximate surface area is 149 Å². The number of fused-ring (bicyclic) bond motifs is 3. The molecule has 1 aliphatic rings. The molecule has 0 atom stereocenters. The Balaban J connectivity index is 1.60. The van der Waals surface area contributed by atoms with E-state index < -0.39 is 0 Å². The zero-order valence-electron chi connectivity index (χ0n) is 13.9. The van der Waals surface area contributed by atoms with Crippen LogP contribution in [0.25, 0.3) is 20.4 Å². The molecular weight excluding hydrogens is 340 g/mol. The van der Waals surface area contributed by atoms with Gasteiger partial charge in [0.2, 0.25) is 0 Å². The minimum atomic E-state index is 0.850. The zero-order chi connectivity index (χ0) is 16.5. The summed E-state index contributed by atoms with van der Waals surface area (Å²) in [4.78, 5) is 17.3. The second kappa shape index (κ2) is 6.92. The second-order valence-electron chi connectivity index (χ2n) is 6.02. The van der Waals surface area contributed by atoms with Gasteiger partial charge in [-0.05, 0) is 25.5 Å². The van der Waals surface area contributed by atoms with Crippen LogP contribution in [0.5, 0.6) is 0 Å². The van der Waals surface area contributed by atoms with Crippen LogP contribution in [0.15, 0.2) is 17.4 Å². The van der Waals surface area contributed by atoms with Crippen LogP contribution in [0, 0.1) is 13.8 Å². The highest BCUT2D eigenvalue weighted by Gasteiger charge is 2.15. The predicted molar refractivity (Wildman–Crippen MR) is 100 cm³/mol. The molecule has 24 heavy (non-hydrogen) atoms. The molecule has 3 aromatic rings. The Morgan fingerprint density at radius 1 is 1.25 bits per heavy atom. The van der Waals surface area contributed by atoms with Gasteiger partial charge in [-0.3, -0.25) is 4.90 Å². The van der Waals surface area contributed by atoms with E-state index in [1.54, 1.807) is 17.7 Å². The van der Waals surface area contributed by atoms with Crippen LogP contribution in [-0.2, 0) is 4.74 Å². The first-order valence-corrected chi connectivity index (χ1v) is 9.97. The molecule has 0 amide bonds. The molecule has 126 valence electrons. The molecule has 7 heteroatoms. The Morgan fingerprint density at radius 3 is 2.92 bits per heavy atom. The summed E-state index contributed by atoms with van der Waals surface area (Å²) in [6.45, 7) is 9.01. The number of nitrogens with zero attached hydrogens (tertiary/aromatic N) is 4. The van der Waals surface area contributed by atoms with E-state index in [-0.39, 0.29) is 0 Å². The molecule has 0 radical (unpaired) electrons. The summed E-state index contributed by atoms with van der Waals surface area (Å²) >= 11 is 3.53. The molecule has 1 aliphatic heterocycles. The predicted octanol–water partition coefficient (Wildman–Crippen LogP) is 3.28. The summed E-state index contributed by atoms with van der Waals surface area (Å²) in [5.74, 6) is 1.03. The molecule has 1 fully saturated rings. The average Bonchev–Trinajstić information content (AvgIpc) is 2.95. The summed E-state index contributed by atoms with van der Waals surface area (Å²) in [7, 11) is 0. The summed E-state index contributed by atoms with van der Waals surface area (Å²) in [6.07, 6.45) is 1.69. The van der Waals surface area contributed by atoms with E-state index in [1.807, 2.05) is 18.7 Å². The maximum atomic E-state index is 5.40. The Kier molecular flexibility index (Phi) is 4.67. The number of ether oxygens (including phenoxy) is 1. The molecule has 0 spiro atoms. The Morgan fingerprint density at radius 2 is 2.08 bits per heavy atom. The zero-order valence-corrected chi connectivity index (χ0v) is 15.5. The molecule has 0 unspecified atom stereocenters. The monoisotopic (exact) mass is 360 g/mol. The highest BCUT2D eigenvalue weighted by atomic mass is 32.2. The van der Waals surface area contributed by atoms with Crippen molar-refractivity contribution >= 4 is 43.5 Å². The molecule has 5 nitrogen and oxygen atoms in total. The van der Waals surface area contributed by atoms with Crippen LogP contribution >= 0.6 is 23.1 Å². The van der Waals surface area contributed by atoms with Crippen molar-refractivity contribution in [2.75, 3.05) is 38.6 Å². The van der Waals surface area contributed by atoms with Gasteiger partial charge in [0.15, 0.2) is 0 Å². The first-order chi connectivity index (χ1) is 11.7. The molecule has 0 saturated carbocycles. The van der Waals surface area contributed by atoms with Crippen LogP contribution < -0.4 is 0 Å². The highest BCUT2D eigenvalue weighted by Crippen LogP contribution is 2.37. The van der Waals surface area contributed by atoms with Gasteiger partial charge in [0.05, 0.1) is 23.4 Å². The first kappa shape index (κ1) is 16.2. The number of rotatable bonds is 4. The Hall–Kier alpha value is -1.28. The van der Waals surface area contributed by atoms with Crippen LogP contribution in [0.3, 0.4) is 0 Å². The number of morpholine rings is 1. The minimum absolute atomic E-state index is 0.850. The standard InChI is InChI=1S/C17H20N4OS2/c1-11-9-12(2)20-16-13(11)14-15(24-16)17(19-10-18-14)23-8-5-21-3-6-22-7-4-21/h9-10H,3-8H2,1-2H3. The van der Waals surface area contributed by atoms with Crippen LogP contribution in [-0.4, -0.2) is 58.5 Å². The van der Waals surface area contributed by atoms with Gasteiger partial charge in [0.1, 0.15) is 16.2 Å². The molecule has 4 rings (SSSR count). The van der Waals surface area contributed by atoms with Gasteiger partial charge < -0.3 is 4.74 Å². The number of hydrogen-bond donors (Lipinski definition) is 0. The van der Waals surface area contributed by atoms with Crippen LogP contribution in [0.1, 0.15) is 11.3 Å². The first-order valence-electron chi connectivity index (χ1n) is 8.17. The molecule has 0 N–H and O–H groups in total. The van der Waals surface area contributed by atoms with E-state index in [0.29, 0.717) is 0 Å². The number of hydrogen-bond acceptors (Lipinski definition) is 7. The maximum Gasteiger partial charge on any atom is 0.126 e. The molecule has 1 saturated heterocycles. The fourth-order valence-electron chi connectivity index (χ4n) is 3.09. The van der Waals surface area contributed by atoms with E-state index in [2.05, 4.69) is 32.8 Å². The number of thioether (sulfide) groups is 1. The number of pyridine rings is 1. The van der Waals surface area contributed by atoms with Gasteiger partial charge in [-0.25, -0.2) is 15.0 Å². The summed E-state index contributed by atoms with van der Waals surface area (Å²) in [5, 5.41) is 2.26. The minimum Gasteiger partial charge on any atom is -0.379 e. The van der Waals surface area contributed by atoms with Crippen molar-refractivity contribution < 1.29 is 4.74 Å². The van der Waals surface area contributed by atoms with E-state index in [1.165, 1.54) is 15.6 Å². The summed E-state index contributed by atoms with van der Waals surface area (Å²) in [5.41, 5.74) is 3.34. The van der Waals surface area contributed by atoms with Gasteiger partial charge in [-0.1, -0.05) is 0 Å². The largest absolute Gasteiger partial charge is 0.379 e. The third kappa shape index (κ3) is 3.13. The van der Waals surface area contributed by atoms with Crippen molar-refractivity contribution in [1.29, 1.82) is 0 Å². The molecule has 0 aliphatic carbocycles. The summed E-state index contributed by atoms with van der Waals surface area (Å²) < 4.78 is 6.57. The van der Waals surface area contributed by atoms with Crippen molar-refractivity contribution in [2.45, 2.75) is 18.9 Å². The molecule has 4 heterocycles. The lowest BCUT2D eigenvalue weighted by molar-refractivity contribution is 0.0410. The van der Waals surface area contributed by atoms with Crippen molar-refractivity contribution in [3.63, 3.8) is 0 Å². The van der Waals surface area contributed by atoms with E-state index in [0.717, 1.165) is 59.7 Å². The molecule has 0 aromatic carbocycles. The lowest BCUT2D eigenvalue weighted by atomic mass is 10.1. The maximum absolute atomic E-state index is 5.40. The third-order valence-corrected chi connectivity index (χ3v) is 6.45. The normalized spacial score (nSPS) is 16.2. The smallest absolute Gasteiger partial charge is 0.126 e. The molecule has 3 aromatic heterocycles. The lowest BCUT2D eigenvalue weighted by Gasteiger charge is -2.26. The number of aryl methyl sites for hydroxylation is 2. The third-order valence-electron chi connectivity index (χ3n) is 4.27. The lowest BCUT2D eigenvalue weighted by Crippen LogP contribution is -2.37. The van der Waals surface area contributed by atoms with Gasteiger partial charge >= 0.3 is 0 Å². The SMILES string of the molecule is Cc1cc(C)c2c(n1)sc1c(SCCN3CCOCC3)ncnc12. The second-order valence-corrected chi connectivity index (χ2v) is 8.10. The van der Waals surface area contributed by atoms with Gasteiger partial charge in [0, 0.05) is 36.5 Å².